The molecule has 0 aromatic heterocycles. The van der Waals surface area contributed by atoms with Crippen LogP contribution in [0.25, 0.3) is 0 Å². The van der Waals surface area contributed by atoms with Crippen molar-refractivity contribution in [3.63, 3.8) is 0 Å². The molecule has 2 unspecified atom stereocenters. The minimum atomic E-state index is -3.15. The van der Waals surface area contributed by atoms with Gasteiger partial charge in [0.2, 0.25) is 10.0 Å². The standard InChI is InChI=1S/C14H21NO3S/c1-3-9-19(16,17)15-10-12(2)18-14(11-15)13-7-5-4-6-8-13/h4-8,12,14H,3,9-11H2,1-2H3. The van der Waals surface area contributed by atoms with E-state index in [1.165, 1.54) is 0 Å². The van der Waals surface area contributed by atoms with Crippen molar-refractivity contribution in [2.45, 2.75) is 32.5 Å². The van der Waals surface area contributed by atoms with Crippen LogP contribution in [0, 0.1) is 0 Å². The first kappa shape index (κ1) is 14.5. The fourth-order valence-electron chi connectivity index (χ4n) is 2.38. The Balaban J connectivity index is 2.17. The molecule has 1 aromatic rings. The summed E-state index contributed by atoms with van der Waals surface area (Å²) in [6, 6.07) is 9.80. The Hall–Kier alpha value is -0.910. The van der Waals surface area contributed by atoms with Crippen molar-refractivity contribution in [2.75, 3.05) is 18.8 Å². The second kappa shape index (κ2) is 6.03. The Morgan fingerprint density at radius 2 is 1.95 bits per heavy atom. The number of nitrogens with zero attached hydrogens (tertiary/aromatic N) is 1. The van der Waals surface area contributed by atoms with Gasteiger partial charge in [0.15, 0.2) is 0 Å². The van der Waals surface area contributed by atoms with E-state index in [1.54, 1.807) is 4.31 Å². The summed E-state index contributed by atoms with van der Waals surface area (Å²) in [5.74, 6) is 0.210. The van der Waals surface area contributed by atoms with E-state index in [4.69, 9.17) is 4.74 Å². The zero-order valence-electron chi connectivity index (χ0n) is 11.5. The van der Waals surface area contributed by atoms with Gasteiger partial charge in [0.05, 0.1) is 18.0 Å². The summed E-state index contributed by atoms with van der Waals surface area (Å²) < 4.78 is 31.8. The monoisotopic (exact) mass is 283 g/mol. The molecule has 2 rings (SSSR count). The van der Waals surface area contributed by atoms with E-state index in [1.807, 2.05) is 44.2 Å². The lowest BCUT2D eigenvalue weighted by atomic mass is 10.1. The summed E-state index contributed by atoms with van der Waals surface area (Å²) in [5.41, 5.74) is 1.03. The topological polar surface area (TPSA) is 46.6 Å². The van der Waals surface area contributed by atoms with E-state index < -0.39 is 10.0 Å². The van der Waals surface area contributed by atoms with Gasteiger partial charge in [-0.2, -0.15) is 4.31 Å². The maximum Gasteiger partial charge on any atom is 0.214 e. The van der Waals surface area contributed by atoms with Crippen LogP contribution >= 0.6 is 0 Å². The van der Waals surface area contributed by atoms with Gasteiger partial charge in [0, 0.05) is 13.1 Å². The van der Waals surface area contributed by atoms with E-state index in [9.17, 15) is 8.42 Å². The van der Waals surface area contributed by atoms with Crippen molar-refractivity contribution in [2.24, 2.45) is 0 Å². The van der Waals surface area contributed by atoms with Crippen molar-refractivity contribution in [1.29, 1.82) is 0 Å². The lowest BCUT2D eigenvalue weighted by Crippen LogP contribution is -2.46. The van der Waals surface area contributed by atoms with Crippen LogP contribution in [-0.4, -0.2) is 37.7 Å². The minimum absolute atomic E-state index is 0.0782. The summed E-state index contributed by atoms with van der Waals surface area (Å²) in [4.78, 5) is 0. The van der Waals surface area contributed by atoms with Gasteiger partial charge in [-0.25, -0.2) is 8.42 Å². The summed E-state index contributed by atoms with van der Waals surface area (Å²) in [6.07, 6.45) is 0.395. The number of hydrogen-bond acceptors (Lipinski definition) is 3. The van der Waals surface area contributed by atoms with E-state index in [0.29, 0.717) is 19.5 Å². The lowest BCUT2D eigenvalue weighted by molar-refractivity contribution is -0.0556. The Morgan fingerprint density at radius 3 is 2.58 bits per heavy atom. The highest BCUT2D eigenvalue weighted by Gasteiger charge is 2.32. The molecule has 19 heavy (non-hydrogen) atoms. The fourth-order valence-corrected chi connectivity index (χ4v) is 3.95. The summed E-state index contributed by atoms with van der Waals surface area (Å²) >= 11 is 0. The van der Waals surface area contributed by atoms with Gasteiger partial charge in [0.1, 0.15) is 0 Å². The van der Waals surface area contributed by atoms with Gasteiger partial charge in [-0.05, 0) is 18.9 Å². The number of hydrogen-bond donors (Lipinski definition) is 0. The van der Waals surface area contributed by atoms with E-state index in [0.717, 1.165) is 5.56 Å². The maximum atomic E-state index is 12.2. The van der Waals surface area contributed by atoms with Gasteiger partial charge >= 0.3 is 0 Å². The zero-order chi connectivity index (χ0) is 13.9. The quantitative estimate of drug-likeness (QED) is 0.851. The molecule has 0 saturated carbocycles. The first-order valence-electron chi connectivity index (χ1n) is 6.71. The van der Waals surface area contributed by atoms with E-state index >= 15 is 0 Å². The number of benzene rings is 1. The molecular formula is C14H21NO3S. The Kier molecular flexibility index (Phi) is 4.60. The minimum Gasteiger partial charge on any atom is -0.368 e. The molecule has 1 fully saturated rings. The van der Waals surface area contributed by atoms with Gasteiger partial charge < -0.3 is 4.74 Å². The lowest BCUT2D eigenvalue weighted by Gasteiger charge is -2.36. The highest BCUT2D eigenvalue weighted by molar-refractivity contribution is 7.89. The molecule has 4 nitrogen and oxygen atoms in total. The predicted octanol–water partition coefficient (Wildman–Crippen LogP) is 2.19. The molecule has 106 valence electrons. The van der Waals surface area contributed by atoms with Crippen LogP contribution in [0.5, 0.6) is 0 Å². The van der Waals surface area contributed by atoms with Gasteiger partial charge in [0.25, 0.3) is 0 Å². The van der Waals surface area contributed by atoms with Crippen LogP contribution in [0.3, 0.4) is 0 Å². The molecule has 1 saturated heterocycles. The van der Waals surface area contributed by atoms with E-state index in [-0.39, 0.29) is 18.0 Å². The smallest absolute Gasteiger partial charge is 0.214 e. The molecule has 0 aliphatic carbocycles. The SMILES string of the molecule is CCCS(=O)(=O)N1CC(C)OC(c2ccccc2)C1. The molecule has 0 spiro atoms. The van der Waals surface area contributed by atoms with Crippen LogP contribution in [0.1, 0.15) is 31.9 Å². The predicted molar refractivity (Wildman–Crippen MR) is 75.4 cm³/mol. The highest BCUT2D eigenvalue weighted by Crippen LogP contribution is 2.26. The molecular weight excluding hydrogens is 262 g/mol. The summed E-state index contributed by atoms with van der Waals surface area (Å²) in [5, 5.41) is 0. The number of ether oxygens (including phenoxy) is 1. The molecule has 5 heteroatoms. The third-order valence-corrected chi connectivity index (χ3v) is 5.26. The van der Waals surface area contributed by atoms with Crippen LogP contribution in [0.4, 0.5) is 0 Å². The molecule has 1 aromatic carbocycles. The van der Waals surface area contributed by atoms with Crippen molar-refractivity contribution < 1.29 is 13.2 Å². The van der Waals surface area contributed by atoms with Gasteiger partial charge in [-0.15, -0.1) is 0 Å². The normalized spacial score (nSPS) is 25.4. The molecule has 1 heterocycles. The molecule has 0 bridgehead atoms. The van der Waals surface area contributed by atoms with Crippen LogP contribution in [0.2, 0.25) is 0 Å². The van der Waals surface area contributed by atoms with Crippen molar-refractivity contribution in [1.82, 2.24) is 4.31 Å². The zero-order valence-corrected chi connectivity index (χ0v) is 12.3. The molecule has 0 N–H and O–H groups in total. The van der Waals surface area contributed by atoms with Gasteiger partial charge in [-0.1, -0.05) is 37.3 Å². The van der Waals surface area contributed by atoms with Crippen LogP contribution < -0.4 is 0 Å². The largest absolute Gasteiger partial charge is 0.368 e. The molecule has 0 amide bonds. The summed E-state index contributed by atoms with van der Waals surface area (Å²) in [6.45, 7) is 4.67. The average molecular weight is 283 g/mol. The second-order valence-electron chi connectivity index (χ2n) is 4.98. The average Bonchev–Trinajstić information content (AvgIpc) is 2.39. The Morgan fingerprint density at radius 1 is 1.26 bits per heavy atom. The third kappa shape index (κ3) is 3.55. The third-order valence-electron chi connectivity index (χ3n) is 3.25. The molecule has 1 aliphatic rings. The highest BCUT2D eigenvalue weighted by atomic mass is 32.2. The Bertz CT molecular complexity index is 501. The van der Waals surface area contributed by atoms with E-state index in [2.05, 4.69) is 0 Å². The van der Waals surface area contributed by atoms with Crippen LogP contribution in [0.15, 0.2) is 30.3 Å². The first-order chi connectivity index (χ1) is 9.03. The fraction of sp³-hybridized carbons (Fsp3) is 0.571. The molecule has 0 radical (unpaired) electrons. The molecule has 2 atom stereocenters. The molecule has 1 aliphatic heterocycles. The van der Waals surface area contributed by atoms with Gasteiger partial charge in [-0.3, -0.25) is 0 Å². The summed E-state index contributed by atoms with van der Waals surface area (Å²) in [7, 11) is -3.15. The Labute approximate surface area is 115 Å². The maximum absolute atomic E-state index is 12.2. The van der Waals surface area contributed by atoms with Crippen molar-refractivity contribution in [3.05, 3.63) is 35.9 Å². The number of morpholine rings is 1. The number of sulfonamides is 1. The van der Waals surface area contributed by atoms with Crippen molar-refractivity contribution in [3.8, 4) is 0 Å². The van der Waals surface area contributed by atoms with Crippen LogP contribution in [-0.2, 0) is 14.8 Å². The second-order valence-corrected chi connectivity index (χ2v) is 7.07. The van der Waals surface area contributed by atoms with Crippen molar-refractivity contribution >= 4 is 10.0 Å². The number of rotatable bonds is 4. The first-order valence-corrected chi connectivity index (χ1v) is 8.32.